The number of nitrogens with one attached hydrogen (secondary N) is 1. The van der Waals surface area contributed by atoms with E-state index in [1.807, 2.05) is 6.92 Å². The van der Waals surface area contributed by atoms with Gasteiger partial charge in [-0.25, -0.2) is 4.79 Å². The summed E-state index contributed by atoms with van der Waals surface area (Å²) in [6, 6.07) is 8.91. The van der Waals surface area contributed by atoms with Crippen molar-refractivity contribution in [1.82, 2.24) is 10.3 Å². The van der Waals surface area contributed by atoms with E-state index in [9.17, 15) is 13.2 Å². The number of pyridine rings is 1. The first-order valence-corrected chi connectivity index (χ1v) is 10.9. The number of rotatable bonds is 7. The van der Waals surface area contributed by atoms with Crippen LogP contribution < -0.4 is 5.32 Å². The third-order valence-electron chi connectivity index (χ3n) is 3.80. The Morgan fingerprint density at radius 2 is 1.90 bits per heavy atom. The standard InChI is InChI=1S/C20H25ClN2O5S/c1-5-17(23-19(24)28-20(2,3)4)18-14(11-15(21)12-22-18)13-27-29(25,26)16-9-7-6-8-10-16/h6-12,17H,5,13H2,1-4H3,(H,23,24)/t17-/m0/s1. The molecule has 1 aromatic heterocycles. The van der Waals surface area contributed by atoms with Gasteiger partial charge in [-0.3, -0.25) is 9.17 Å². The van der Waals surface area contributed by atoms with E-state index < -0.39 is 27.9 Å². The number of halogens is 1. The Morgan fingerprint density at radius 3 is 2.48 bits per heavy atom. The van der Waals surface area contributed by atoms with Crippen LogP contribution in [0, 0.1) is 0 Å². The van der Waals surface area contributed by atoms with Crippen LogP contribution in [0.1, 0.15) is 51.4 Å². The summed E-state index contributed by atoms with van der Waals surface area (Å²) in [5.74, 6) is 0. The molecule has 2 rings (SSSR count). The van der Waals surface area contributed by atoms with Gasteiger partial charge in [0, 0.05) is 11.8 Å². The van der Waals surface area contributed by atoms with Crippen LogP contribution in [0.3, 0.4) is 0 Å². The Hall–Kier alpha value is -2.16. The molecule has 0 saturated carbocycles. The maximum Gasteiger partial charge on any atom is 0.408 e. The van der Waals surface area contributed by atoms with E-state index in [-0.39, 0.29) is 11.5 Å². The predicted octanol–water partition coefficient (Wildman–Crippen LogP) is 4.62. The van der Waals surface area contributed by atoms with E-state index in [1.54, 1.807) is 45.0 Å². The van der Waals surface area contributed by atoms with Crippen molar-refractivity contribution >= 4 is 27.8 Å². The van der Waals surface area contributed by atoms with Crippen LogP contribution in [0.4, 0.5) is 4.79 Å². The van der Waals surface area contributed by atoms with Gasteiger partial charge < -0.3 is 10.1 Å². The Kier molecular flexibility index (Phi) is 7.62. The van der Waals surface area contributed by atoms with Crippen molar-refractivity contribution in [2.75, 3.05) is 0 Å². The van der Waals surface area contributed by atoms with Crippen molar-refractivity contribution < 1.29 is 22.1 Å². The highest BCUT2D eigenvalue weighted by molar-refractivity contribution is 7.86. The number of hydrogen-bond acceptors (Lipinski definition) is 6. The molecule has 0 aliphatic carbocycles. The number of alkyl carbamates (subject to hydrolysis) is 1. The first-order chi connectivity index (χ1) is 13.5. The number of aromatic nitrogens is 1. The first kappa shape index (κ1) is 23.1. The second-order valence-corrected chi connectivity index (χ2v) is 9.39. The minimum absolute atomic E-state index is 0.0514. The predicted molar refractivity (Wildman–Crippen MR) is 110 cm³/mol. The second-order valence-electron chi connectivity index (χ2n) is 7.33. The summed E-state index contributed by atoms with van der Waals surface area (Å²) in [5.41, 5.74) is 0.275. The van der Waals surface area contributed by atoms with Crippen LogP contribution in [0.2, 0.25) is 5.02 Å². The molecule has 2 aromatic rings. The molecule has 9 heteroatoms. The Bertz CT molecular complexity index is 943. The molecule has 0 aliphatic heterocycles. The summed E-state index contributed by atoms with van der Waals surface area (Å²) >= 11 is 6.05. The van der Waals surface area contributed by atoms with Crippen molar-refractivity contribution in [2.24, 2.45) is 0 Å². The zero-order valence-electron chi connectivity index (χ0n) is 16.8. The molecule has 0 aliphatic rings. The molecule has 1 N–H and O–H groups in total. The average molecular weight is 441 g/mol. The van der Waals surface area contributed by atoms with Gasteiger partial charge in [0.05, 0.1) is 28.3 Å². The van der Waals surface area contributed by atoms with Gasteiger partial charge in [0.25, 0.3) is 10.1 Å². The molecule has 0 spiro atoms. The summed E-state index contributed by atoms with van der Waals surface area (Å²) in [5, 5.41) is 3.09. The molecule has 0 saturated heterocycles. The minimum atomic E-state index is -3.95. The van der Waals surface area contributed by atoms with Crippen molar-refractivity contribution in [3.8, 4) is 0 Å². The molecule has 7 nitrogen and oxygen atoms in total. The van der Waals surface area contributed by atoms with Gasteiger partial charge in [-0.05, 0) is 45.4 Å². The second kappa shape index (κ2) is 9.56. The lowest BCUT2D eigenvalue weighted by atomic mass is 10.1. The topological polar surface area (TPSA) is 94.6 Å². The van der Waals surface area contributed by atoms with E-state index >= 15 is 0 Å². The largest absolute Gasteiger partial charge is 0.444 e. The fourth-order valence-electron chi connectivity index (χ4n) is 2.53. The summed E-state index contributed by atoms with van der Waals surface area (Å²) in [4.78, 5) is 16.5. The molecule has 0 bridgehead atoms. The fourth-order valence-corrected chi connectivity index (χ4v) is 3.62. The minimum Gasteiger partial charge on any atom is -0.444 e. The van der Waals surface area contributed by atoms with Crippen LogP contribution in [-0.2, 0) is 25.6 Å². The van der Waals surface area contributed by atoms with Gasteiger partial charge in [0.15, 0.2) is 0 Å². The van der Waals surface area contributed by atoms with E-state index in [4.69, 9.17) is 20.5 Å². The highest BCUT2D eigenvalue weighted by atomic mass is 35.5. The van der Waals surface area contributed by atoms with E-state index in [0.29, 0.717) is 22.7 Å². The zero-order valence-corrected chi connectivity index (χ0v) is 18.4. The Labute approximate surface area is 176 Å². The first-order valence-electron chi connectivity index (χ1n) is 9.10. The number of carbonyl (C=O) groups excluding carboxylic acids is 1. The zero-order chi connectivity index (χ0) is 21.7. The van der Waals surface area contributed by atoms with Gasteiger partial charge in [-0.2, -0.15) is 8.42 Å². The molecule has 0 fully saturated rings. The quantitative estimate of drug-likeness (QED) is 0.631. The van der Waals surface area contributed by atoms with E-state index in [1.165, 1.54) is 18.3 Å². The number of benzene rings is 1. The lowest BCUT2D eigenvalue weighted by Gasteiger charge is -2.24. The van der Waals surface area contributed by atoms with Crippen LogP contribution >= 0.6 is 11.6 Å². The molecule has 0 radical (unpaired) electrons. The maximum absolute atomic E-state index is 12.4. The summed E-state index contributed by atoms with van der Waals surface area (Å²) < 4.78 is 35.3. The van der Waals surface area contributed by atoms with Crippen molar-refractivity contribution in [2.45, 2.75) is 57.3 Å². The molecule has 158 valence electrons. The number of nitrogens with zero attached hydrogens (tertiary/aromatic N) is 1. The van der Waals surface area contributed by atoms with Gasteiger partial charge in [0.2, 0.25) is 0 Å². The van der Waals surface area contributed by atoms with Crippen LogP contribution in [0.25, 0.3) is 0 Å². The van der Waals surface area contributed by atoms with Crippen molar-refractivity contribution in [3.63, 3.8) is 0 Å². The third-order valence-corrected chi connectivity index (χ3v) is 5.28. The number of carbonyl (C=O) groups is 1. The molecular weight excluding hydrogens is 416 g/mol. The maximum atomic E-state index is 12.4. The van der Waals surface area contributed by atoms with Gasteiger partial charge in [0.1, 0.15) is 5.60 Å². The van der Waals surface area contributed by atoms with Gasteiger partial charge in [-0.1, -0.05) is 36.7 Å². The highest BCUT2D eigenvalue weighted by Crippen LogP contribution is 2.24. The monoisotopic (exact) mass is 440 g/mol. The van der Waals surface area contributed by atoms with Crippen LogP contribution in [-0.4, -0.2) is 25.1 Å². The van der Waals surface area contributed by atoms with Gasteiger partial charge in [-0.15, -0.1) is 0 Å². The number of amides is 1. The molecule has 1 heterocycles. The number of ether oxygens (including phenoxy) is 1. The average Bonchev–Trinajstić information content (AvgIpc) is 2.64. The SMILES string of the molecule is CC[C@H](NC(=O)OC(C)(C)C)c1ncc(Cl)cc1COS(=O)(=O)c1ccccc1. The highest BCUT2D eigenvalue weighted by Gasteiger charge is 2.23. The fraction of sp³-hybridized carbons (Fsp3) is 0.400. The summed E-state index contributed by atoms with van der Waals surface area (Å²) in [7, 11) is -3.95. The molecule has 1 amide bonds. The van der Waals surface area contributed by atoms with Crippen molar-refractivity contribution in [3.05, 3.63) is 58.9 Å². The molecule has 29 heavy (non-hydrogen) atoms. The molecule has 0 unspecified atom stereocenters. The Morgan fingerprint density at radius 1 is 1.24 bits per heavy atom. The lowest BCUT2D eigenvalue weighted by Crippen LogP contribution is -2.35. The van der Waals surface area contributed by atoms with Gasteiger partial charge >= 0.3 is 6.09 Å². The smallest absolute Gasteiger partial charge is 0.408 e. The van der Waals surface area contributed by atoms with Crippen LogP contribution in [0.5, 0.6) is 0 Å². The molecule has 1 aromatic carbocycles. The molecule has 1 atom stereocenters. The van der Waals surface area contributed by atoms with E-state index in [0.717, 1.165) is 0 Å². The third kappa shape index (κ3) is 6.99. The molecular formula is C20H25ClN2O5S. The summed E-state index contributed by atoms with van der Waals surface area (Å²) in [6.45, 7) is 6.89. The Balaban J connectivity index is 2.23. The van der Waals surface area contributed by atoms with Crippen LogP contribution in [0.15, 0.2) is 47.5 Å². The van der Waals surface area contributed by atoms with Crippen molar-refractivity contribution in [1.29, 1.82) is 0 Å². The summed E-state index contributed by atoms with van der Waals surface area (Å²) in [6.07, 6.45) is 1.35. The lowest BCUT2D eigenvalue weighted by molar-refractivity contribution is 0.0500. The number of hydrogen-bond donors (Lipinski definition) is 1. The van der Waals surface area contributed by atoms with E-state index in [2.05, 4.69) is 10.3 Å². The normalized spacial score (nSPS) is 13.0.